The summed E-state index contributed by atoms with van der Waals surface area (Å²) in [6.07, 6.45) is 3.69. The van der Waals surface area contributed by atoms with Gasteiger partial charge in [-0.3, -0.25) is 24.4 Å². The number of allylic oxidation sites excluding steroid dienone is 6. The van der Waals surface area contributed by atoms with E-state index in [2.05, 4.69) is 0 Å². The zero-order chi connectivity index (χ0) is 23.4. The first-order chi connectivity index (χ1) is 15.8. The van der Waals surface area contributed by atoms with Crippen molar-refractivity contribution in [3.63, 3.8) is 0 Å². The molecule has 33 heavy (non-hydrogen) atoms. The molecule has 170 valence electrons. The number of carbonyl (C=O) groups excluding carboxylic acids is 4. The van der Waals surface area contributed by atoms with Gasteiger partial charge in [0.05, 0.1) is 18.4 Å². The van der Waals surface area contributed by atoms with E-state index < -0.39 is 35.5 Å². The number of benzene rings is 1. The number of carbonyl (C=O) groups is 4. The van der Waals surface area contributed by atoms with Gasteiger partial charge in [-0.05, 0) is 49.5 Å². The fourth-order valence-corrected chi connectivity index (χ4v) is 5.64. The smallest absolute Gasteiger partial charge is 0.257 e. The number of nitrogens with zero attached hydrogens (tertiary/aromatic N) is 1. The highest BCUT2D eigenvalue weighted by molar-refractivity contribution is 6.23. The van der Waals surface area contributed by atoms with Crippen molar-refractivity contribution in [2.75, 3.05) is 13.2 Å². The van der Waals surface area contributed by atoms with Gasteiger partial charge in [0.25, 0.3) is 11.8 Å². The van der Waals surface area contributed by atoms with Crippen molar-refractivity contribution in [2.45, 2.75) is 25.7 Å². The van der Waals surface area contributed by atoms with E-state index in [1.807, 2.05) is 18.2 Å². The number of hydroxylamine groups is 2. The van der Waals surface area contributed by atoms with Crippen molar-refractivity contribution in [1.82, 2.24) is 5.06 Å². The molecule has 1 heterocycles. The van der Waals surface area contributed by atoms with Gasteiger partial charge in [0.1, 0.15) is 12.4 Å². The second kappa shape index (κ2) is 7.90. The minimum Gasteiger partial charge on any atom is -0.491 e. The lowest BCUT2D eigenvalue weighted by Gasteiger charge is -2.42. The van der Waals surface area contributed by atoms with Crippen LogP contribution in [0.25, 0.3) is 0 Å². The maximum absolute atomic E-state index is 13.2. The summed E-state index contributed by atoms with van der Waals surface area (Å²) in [6, 6.07) is 7.09. The van der Waals surface area contributed by atoms with Crippen LogP contribution in [0.4, 0.5) is 0 Å². The van der Waals surface area contributed by atoms with Crippen molar-refractivity contribution in [2.24, 2.45) is 17.8 Å². The molecule has 2 amide bonds. The summed E-state index contributed by atoms with van der Waals surface area (Å²) in [7, 11) is 0. The van der Waals surface area contributed by atoms with E-state index in [1.165, 1.54) is 6.08 Å². The summed E-state index contributed by atoms with van der Waals surface area (Å²) >= 11 is 0. The third-order valence-electron chi connectivity index (χ3n) is 7.11. The highest BCUT2D eigenvalue weighted by Crippen LogP contribution is 2.54. The molecule has 1 fully saturated rings. The van der Waals surface area contributed by atoms with Gasteiger partial charge in [0.2, 0.25) is 0 Å². The predicted octanol–water partition coefficient (Wildman–Crippen LogP) is 1.88. The Bertz CT molecular complexity index is 1170. The van der Waals surface area contributed by atoms with Crippen LogP contribution in [0.2, 0.25) is 0 Å². The Kier molecular flexibility index (Phi) is 5.14. The van der Waals surface area contributed by atoms with Crippen LogP contribution in [-0.4, -0.2) is 52.0 Å². The molecule has 1 saturated heterocycles. The van der Waals surface area contributed by atoms with E-state index in [9.17, 15) is 24.4 Å². The summed E-state index contributed by atoms with van der Waals surface area (Å²) in [5.41, 5.74) is 2.75. The minimum absolute atomic E-state index is 0.116. The molecule has 1 aliphatic heterocycles. The summed E-state index contributed by atoms with van der Waals surface area (Å²) < 4.78 is 5.44. The minimum atomic E-state index is -0.763. The number of ether oxygens (including phenoxy) is 1. The van der Waals surface area contributed by atoms with Crippen LogP contribution in [0.15, 0.2) is 58.7 Å². The zero-order valence-corrected chi connectivity index (χ0v) is 18.0. The molecule has 5 rings (SSSR count). The number of imide groups is 1. The van der Waals surface area contributed by atoms with Crippen LogP contribution in [0, 0.1) is 17.8 Å². The molecule has 8 heteroatoms. The first-order valence-electron chi connectivity index (χ1n) is 10.9. The molecule has 1 aromatic rings. The number of aliphatic hydroxyl groups excluding tert-OH is 1. The van der Waals surface area contributed by atoms with Gasteiger partial charge in [-0.2, -0.15) is 5.06 Å². The topological polar surface area (TPSA) is 121 Å². The molecule has 1 aromatic carbocycles. The Hall–Kier alpha value is -3.36. The number of rotatable bonds is 4. The van der Waals surface area contributed by atoms with Gasteiger partial charge in [-0.1, -0.05) is 23.8 Å². The lowest BCUT2D eigenvalue weighted by Crippen LogP contribution is -2.39. The lowest BCUT2D eigenvalue weighted by molar-refractivity contribution is -0.173. The largest absolute Gasteiger partial charge is 0.491 e. The third kappa shape index (κ3) is 3.20. The quantitative estimate of drug-likeness (QED) is 0.312. The molecule has 0 spiro atoms. The van der Waals surface area contributed by atoms with Gasteiger partial charge < -0.3 is 9.84 Å². The summed E-state index contributed by atoms with van der Waals surface area (Å²) in [4.78, 5) is 51.3. The van der Waals surface area contributed by atoms with E-state index in [-0.39, 0.29) is 42.7 Å². The van der Waals surface area contributed by atoms with Gasteiger partial charge in [-0.25, -0.2) is 0 Å². The van der Waals surface area contributed by atoms with Crippen molar-refractivity contribution in [3.05, 3.63) is 64.3 Å². The average molecular weight is 449 g/mol. The number of ketones is 2. The van der Waals surface area contributed by atoms with Crippen LogP contribution in [0.3, 0.4) is 0 Å². The first kappa shape index (κ1) is 21.5. The Balaban J connectivity index is 1.63. The standard InChI is InChI=1S/C25H23NO7/c1-12-10-19(28)18-11-17-15(6-7-16-21(17)25(31)26(32)24(16)30)20(22(18)23(12)29)13-2-4-14(5-3-13)33-9-8-27/h2-6,10,16-17,20-21,27,32H,7-9,11H2,1H3/t16-,17+,20-,21-/m0/s1. The molecule has 2 N–H and O–H groups in total. The average Bonchev–Trinajstić information content (AvgIpc) is 3.04. The molecule has 0 radical (unpaired) electrons. The molecule has 3 aliphatic carbocycles. The number of aliphatic hydroxyl groups is 1. The van der Waals surface area contributed by atoms with Gasteiger partial charge in [0, 0.05) is 22.6 Å². The van der Waals surface area contributed by atoms with Crippen LogP contribution in [0.1, 0.15) is 31.2 Å². The molecular formula is C25H23NO7. The van der Waals surface area contributed by atoms with Crippen molar-refractivity contribution in [1.29, 1.82) is 0 Å². The third-order valence-corrected chi connectivity index (χ3v) is 7.11. The second-order valence-corrected chi connectivity index (χ2v) is 8.86. The van der Waals surface area contributed by atoms with Crippen molar-refractivity contribution >= 4 is 23.4 Å². The second-order valence-electron chi connectivity index (χ2n) is 8.86. The lowest BCUT2D eigenvalue weighted by atomic mass is 9.59. The Morgan fingerprint density at radius 2 is 1.79 bits per heavy atom. The molecular weight excluding hydrogens is 426 g/mol. The molecule has 8 nitrogen and oxygen atoms in total. The monoisotopic (exact) mass is 449 g/mol. The highest BCUT2D eigenvalue weighted by atomic mass is 16.5. The van der Waals surface area contributed by atoms with E-state index >= 15 is 0 Å². The Morgan fingerprint density at radius 1 is 1.06 bits per heavy atom. The van der Waals surface area contributed by atoms with Crippen molar-refractivity contribution in [3.8, 4) is 5.75 Å². The van der Waals surface area contributed by atoms with Crippen molar-refractivity contribution < 1.29 is 34.2 Å². The number of fused-ring (bicyclic) bond motifs is 3. The maximum atomic E-state index is 13.2. The van der Waals surface area contributed by atoms with Gasteiger partial charge >= 0.3 is 0 Å². The van der Waals surface area contributed by atoms with Crippen LogP contribution < -0.4 is 4.74 Å². The Morgan fingerprint density at radius 3 is 2.48 bits per heavy atom. The van der Waals surface area contributed by atoms with Crippen LogP contribution in [0.5, 0.6) is 5.75 Å². The van der Waals surface area contributed by atoms with E-state index in [0.29, 0.717) is 22.5 Å². The van der Waals surface area contributed by atoms with Gasteiger partial charge in [-0.15, -0.1) is 0 Å². The molecule has 4 aliphatic rings. The van der Waals surface area contributed by atoms with Crippen LogP contribution in [-0.2, 0) is 19.2 Å². The molecule has 0 unspecified atom stereocenters. The Labute approximate surface area is 189 Å². The van der Waals surface area contributed by atoms with E-state index in [1.54, 1.807) is 19.1 Å². The number of hydrogen-bond acceptors (Lipinski definition) is 7. The normalized spacial score (nSPS) is 28.9. The number of hydrogen-bond donors (Lipinski definition) is 2. The SMILES string of the molecule is CC1=CC(=O)C2=C(C1=O)[C@@H](c1ccc(OCCO)cc1)C1=CC[C@@H]3C(=O)N(O)C(=O)[C@@H]3[C@@H]1C2. The van der Waals surface area contributed by atoms with Crippen LogP contribution >= 0.6 is 0 Å². The summed E-state index contributed by atoms with van der Waals surface area (Å²) in [5, 5.41) is 19.1. The summed E-state index contributed by atoms with van der Waals surface area (Å²) in [5.74, 6) is -3.61. The molecule has 4 atom stereocenters. The number of amides is 2. The fourth-order valence-electron chi connectivity index (χ4n) is 5.64. The predicted molar refractivity (Wildman–Crippen MR) is 114 cm³/mol. The van der Waals surface area contributed by atoms with Gasteiger partial charge in [0.15, 0.2) is 11.6 Å². The fraction of sp³-hybridized carbons (Fsp3) is 0.360. The molecule has 0 aromatic heterocycles. The summed E-state index contributed by atoms with van der Waals surface area (Å²) in [6.45, 7) is 1.65. The zero-order valence-electron chi connectivity index (χ0n) is 18.0. The molecule has 0 bridgehead atoms. The molecule has 0 saturated carbocycles. The maximum Gasteiger partial charge on any atom is 0.257 e. The van der Waals surface area contributed by atoms with E-state index in [0.717, 1.165) is 11.1 Å². The van der Waals surface area contributed by atoms with E-state index in [4.69, 9.17) is 9.84 Å². The first-order valence-corrected chi connectivity index (χ1v) is 10.9. The highest BCUT2D eigenvalue weighted by Gasteiger charge is 2.56. The number of Topliss-reactive ketones (excluding diaryl/α,β-unsaturated/α-hetero) is 1.